The lowest BCUT2D eigenvalue weighted by Crippen LogP contribution is -2.39. The van der Waals surface area contributed by atoms with Gasteiger partial charge in [0.1, 0.15) is 6.54 Å². The predicted molar refractivity (Wildman–Crippen MR) is 74.4 cm³/mol. The highest BCUT2D eigenvalue weighted by atomic mass is 16.4. The molecule has 1 aromatic rings. The van der Waals surface area contributed by atoms with Gasteiger partial charge in [-0.25, -0.2) is 4.79 Å². The minimum atomic E-state index is -1.01. The minimum Gasteiger partial charge on any atom is -0.480 e. The lowest BCUT2D eigenvalue weighted by Gasteiger charge is -2.20. The van der Waals surface area contributed by atoms with Gasteiger partial charge in [-0.15, -0.1) is 0 Å². The monoisotopic (exact) mass is 264 g/mol. The van der Waals surface area contributed by atoms with Gasteiger partial charge in [-0.3, -0.25) is 4.79 Å². The molecule has 0 radical (unpaired) electrons. The standard InChI is InChI=1S/C14H20N2O3/c1-4-5-16(9-13(17)18)14(19)15-12-7-10(2)6-11(3)8-12/h6-8H,4-5,9H2,1-3H3,(H,15,19)(H,17,18). The number of carboxylic acids is 1. The van der Waals surface area contributed by atoms with Crippen LogP contribution in [0, 0.1) is 13.8 Å². The van der Waals surface area contributed by atoms with E-state index in [-0.39, 0.29) is 12.6 Å². The second-order valence-corrected chi connectivity index (χ2v) is 4.62. The molecule has 0 fully saturated rings. The Morgan fingerprint density at radius 2 is 1.79 bits per heavy atom. The summed E-state index contributed by atoms with van der Waals surface area (Å²) in [5.74, 6) is -1.01. The third-order valence-corrected chi connectivity index (χ3v) is 2.58. The number of nitrogens with zero attached hydrogens (tertiary/aromatic N) is 1. The number of carbonyl (C=O) groups excluding carboxylic acids is 1. The second kappa shape index (κ2) is 6.78. The van der Waals surface area contributed by atoms with Gasteiger partial charge in [0, 0.05) is 12.2 Å². The molecule has 0 aliphatic heterocycles. The molecule has 0 spiro atoms. The molecule has 2 N–H and O–H groups in total. The Labute approximate surface area is 113 Å². The molecule has 0 aliphatic carbocycles. The third-order valence-electron chi connectivity index (χ3n) is 2.58. The van der Waals surface area contributed by atoms with Crippen LogP contribution in [0.3, 0.4) is 0 Å². The molecule has 5 heteroatoms. The van der Waals surface area contributed by atoms with Gasteiger partial charge in [0.2, 0.25) is 0 Å². The van der Waals surface area contributed by atoms with Crippen molar-refractivity contribution >= 4 is 17.7 Å². The van der Waals surface area contributed by atoms with Crippen LogP contribution < -0.4 is 5.32 Å². The van der Waals surface area contributed by atoms with Crippen LogP contribution in [0.1, 0.15) is 24.5 Å². The number of amides is 2. The van der Waals surface area contributed by atoms with E-state index in [0.717, 1.165) is 11.1 Å². The van der Waals surface area contributed by atoms with E-state index in [9.17, 15) is 9.59 Å². The smallest absolute Gasteiger partial charge is 0.323 e. The fourth-order valence-corrected chi connectivity index (χ4v) is 1.93. The Kier molecular flexibility index (Phi) is 5.36. The fraction of sp³-hybridized carbons (Fsp3) is 0.429. The maximum absolute atomic E-state index is 12.0. The lowest BCUT2D eigenvalue weighted by atomic mass is 10.1. The van der Waals surface area contributed by atoms with Crippen molar-refractivity contribution < 1.29 is 14.7 Å². The Morgan fingerprint density at radius 1 is 1.21 bits per heavy atom. The summed E-state index contributed by atoms with van der Waals surface area (Å²) in [6, 6.07) is 5.34. The van der Waals surface area contributed by atoms with Gasteiger partial charge in [-0.1, -0.05) is 13.0 Å². The maximum atomic E-state index is 12.0. The van der Waals surface area contributed by atoms with Crippen LogP contribution in [-0.2, 0) is 4.79 Å². The summed E-state index contributed by atoms with van der Waals surface area (Å²) < 4.78 is 0. The van der Waals surface area contributed by atoms with Crippen molar-refractivity contribution in [1.82, 2.24) is 4.90 Å². The summed E-state index contributed by atoms with van der Waals surface area (Å²) in [5, 5.41) is 11.5. The van der Waals surface area contributed by atoms with E-state index in [1.54, 1.807) is 0 Å². The molecule has 19 heavy (non-hydrogen) atoms. The zero-order valence-electron chi connectivity index (χ0n) is 11.6. The number of carbonyl (C=O) groups is 2. The number of nitrogens with one attached hydrogen (secondary N) is 1. The van der Waals surface area contributed by atoms with E-state index in [1.807, 2.05) is 39.0 Å². The number of hydrogen-bond donors (Lipinski definition) is 2. The van der Waals surface area contributed by atoms with Gasteiger partial charge in [0.05, 0.1) is 0 Å². The molecule has 1 aromatic carbocycles. The number of carboxylic acid groups (broad SMARTS) is 1. The molecule has 0 saturated carbocycles. The molecule has 0 aromatic heterocycles. The Balaban J connectivity index is 2.77. The van der Waals surface area contributed by atoms with Gasteiger partial charge in [0.15, 0.2) is 0 Å². The van der Waals surface area contributed by atoms with Crippen molar-refractivity contribution in [3.05, 3.63) is 29.3 Å². The molecule has 0 unspecified atom stereocenters. The Hall–Kier alpha value is -2.04. The molecule has 2 amide bonds. The zero-order chi connectivity index (χ0) is 14.4. The number of rotatable bonds is 5. The molecule has 0 saturated heterocycles. The van der Waals surface area contributed by atoms with Crippen molar-refractivity contribution in [2.45, 2.75) is 27.2 Å². The second-order valence-electron chi connectivity index (χ2n) is 4.62. The van der Waals surface area contributed by atoms with Crippen LogP contribution in [0.25, 0.3) is 0 Å². The molecule has 0 bridgehead atoms. The van der Waals surface area contributed by atoms with E-state index >= 15 is 0 Å². The normalized spacial score (nSPS) is 10.1. The average Bonchev–Trinajstić information content (AvgIpc) is 2.26. The Bertz CT molecular complexity index is 452. The van der Waals surface area contributed by atoms with Gasteiger partial charge >= 0.3 is 12.0 Å². The first-order chi connectivity index (χ1) is 8.92. The summed E-state index contributed by atoms with van der Waals surface area (Å²) in [7, 11) is 0. The van der Waals surface area contributed by atoms with E-state index in [4.69, 9.17) is 5.11 Å². The first kappa shape index (κ1) is 15.0. The van der Waals surface area contributed by atoms with Crippen LogP contribution >= 0.6 is 0 Å². The first-order valence-corrected chi connectivity index (χ1v) is 6.28. The van der Waals surface area contributed by atoms with Crippen molar-refractivity contribution in [3.63, 3.8) is 0 Å². The summed E-state index contributed by atoms with van der Waals surface area (Å²) in [5.41, 5.74) is 2.79. The molecule has 0 aliphatic rings. The fourth-order valence-electron chi connectivity index (χ4n) is 1.93. The predicted octanol–water partition coefficient (Wildman–Crippen LogP) is 2.63. The summed E-state index contributed by atoms with van der Waals surface area (Å²) in [6.07, 6.45) is 0.716. The third kappa shape index (κ3) is 4.99. The Morgan fingerprint density at radius 3 is 2.26 bits per heavy atom. The summed E-state index contributed by atoms with van der Waals surface area (Å²) >= 11 is 0. The molecule has 1 rings (SSSR count). The van der Waals surface area contributed by atoms with Crippen LogP contribution in [0.5, 0.6) is 0 Å². The topological polar surface area (TPSA) is 69.6 Å². The minimum absolute atomic E-state index is 0.287. The van der Waals surface area contributed by atoms with E-state index in [2.05, 4.69) is 5.32 Å². The molecular formula is C14H20N2O3. The molecule has 5 nitrogen and oxygen atoms in total. The number of hydrogen-bond acceptors (Lipinski definition) is 2. The van der Waals surface area contributed by atoms with Crippen LogP contribution in [0.4, 0.5) is 10.5 Å². The lowest BCUT2D eigenvalue weighted by molar-refractivity contribution is -0.137. The van der Waals surface area contributed by atoms with E-state index in [0.29, 0.717) is 18.7 Å². The van der Waals surface area contributed by atoms with Crippen molar-refractivity contribution in [2.24, 2.45) is 0 Å². The first-order valence-electron chi connectivity index (χ1n) is 6.28. The SMILES string of the molecule is CCCN(CC(=O)O)C(=O)Nc1cc(C)cc(C)c1. The number of aryl methyl sites for hydroxylation is 2. The zero-order valence-corrected chi connectivity index (χ0v) is 11.6. The largest absolute Gasteiger partial charge is 0.480 e. The van der Waals surface area contributed by atoms with Gasteiger partial charge < -0.3 is 15.3 Å². The van der Waals surface area contributed by atoms with Crippen LogP contribution in [0.15, 0.2) is 18.2 Å². The highest BCUT2D eigenvalue weighted by Gasteiger charge is 2.15. The molecule has 104 valence electrons. The van der Waals surface area contributed by atoms with Crippen molar-refractivity contribution in [3.8, 4) is 0 Å². The van der Waals surface area contributed by atoms with Gasteiger partial charge in [-0.2, -0.15) is 0 Å². The van der Waals surface area contributed by atoms with Gasteiger partial charge in [-0.05, 0) is 43.5 Å². The molecule has 0 atom stereocenters. The number of benzene rings is 1. The van der Waals surface area contributed by atoms with Crippen LogP contribution in [0.2, 0.25) is 0 Å². The van der Waals surface area contributed by atoms with E-state index < -0.39 is 5.97 Å². The molecular weight excluding hydrogens is 244 g/mol. The highest BCUT2D eigenvalue weighted by Crippen LogP contribution is 2.14. The van der Waals surface area contributed by atoms with Gasteiger partial charge in [0.25, 0.3) is 0 Å². The summed E-state index contributed by atoms with van der Waals surface area (Å²) in [4.78, 5) is 24.0. The molecule has 0 heterocycles. The highest BCUT2D eigenvalue weighted by molar-refractivity contribution is 5.91. The average molecular weight is 264 g/mol. The van der Waals surface area contributed by atoms with Crippen LogP contribution in [-0.4, -0.2) is 35.1 Å². The number of aliphatic carboxylic acids is 1. The van der Waals surface area contributed by atoms with Crippen molar-refractivity contribution in [1.29, 1.82) is 0 Å². The number of urea groups is 1. The quantitative estimate of drug-likeness (QED) is 0.859. The number of anilines is 1. The summed E-state index contributed by atoms with van der Waals surface area (Å²) in [6.45, 7) is 5.93. The van der Waals surface area contributed by atoms with E-state index in [1.165, 1.54) is 4.90 Å². The maximum Gasteiger partial charge on any atom is 0.323 e. The van der Waals surface area contributed by atoms with Crippen molar-refractivity contribution in [2.75, 3.05) is 18.4 Å².